The van der Waals surface area contributed by atoms with Crippen LogP contribution in [-0.2, 0) is 16.6 Å². The molecule has 0 unspecified atom stereocenters. The molecule has 3 aromatic rings. The van der Waals surface area contributed by atoms with Crippen LogP contribution >= 0.6 is 11.6 Å². The molecule has 3 aromatic carbocycles. The number of nitrogens with zero attached hydrogens (tertiary/aromatic N) is 1. The topological polar surface area (TPSA) is 87.7 Å². The normalized spacial score (nSPS) is 13.1. The fraction of sp³-hybridized carbons (Fsp3) is 0.0952. The molecule has 0 aromatic heterocycles. The number of fused-ring (bicyclic) bond motifs is 1. The number of ether oxygens (including phenoxy) is 1. The summed E-state index contributed by atoms with van der Waals surface area (Å²) in [5.41, 5.74) is 3.88. The number of sulfonamides is 1. The summed E-state index contributed by atoms with van der Waals surface area (Å²) in [7, 11) is -2.61. The number of para-hydroxylation sites is 1. The second kappa shape index (κ2) is 8.18. The smallest absolute Gasteiger partial charge is 0.281 e. The van der Waals surface area contributed by atoms with Gasteiger partial charge in [-0.15, -0.1) is 0 Å². The summed E-state index contributed by atoms with van der Waals surface area (Å²) >= 11 is 5.95. The first-order valence-electron chi connectivity index (χ1n) is 9.13. The highest BCUT2D eigenvalue weighted by Crippen LogP contribution is 2.35. The number of carbonyl (C=O) groups is 1. The number of methoxy groups -OCH3 is 1. The van der Waals surface area contributed by atoms with Crippen molar-refractivity contribution in [2.45, 2.75) is 11.4 Å². The molecule has 1 aliphatic heterocycles. The van der Waals surface area contributed by atoms with Gasteiger partial charge in [-0.2, -0.15) is 12.8 Å². The van der Waals surface area contributed by atoms with Crippen molar-refractivity contribution in [2.75, 3.05) is 16.8 Å². The van der Waals surface area contributed by atoms with Crippen molar-refractivity contribution in [3.05, 3.63) is 82.6 Å². The van der Waals surface area contributed by atoms with E-state index in [4.69, 9.17) is 16.3 Å². The third kappa shape index (κ3) is 3.83. The van der Waals surface area contributed by atoms with Gasteiger partial charge < -0.3 is 10.1 Å². The molecule has 0 radical (unpaired) electrons. The molecular weight excluding hydrogens is 445 g/mol. The Morgan fingerprint density at radius 2 is 1.94 bits per heavy atom. The Hall–Kier alpha value is -3.14. The number of benzene rings is 3. The van der Waals surface area contributed by atoms with Gasteiger partial charge in [0.1, 0.15) is 16.5 Å². The second-order valence-electron chi connectivity index (χ2n) is 6.65. The van der Waals surface area contributed by atoms with Crippen molar-refractivity contribution in [2.24, 2.45) is 0 Å². The van der Waals surface area contributed by atoms with Gasteiger partial charge in [-0.25, -0.2) is 9.82 Å². The summed E-state index contributed by atoms with van der Waals surface area (Å²) in [6, 6.07) is 15.0. The van der Waals surface area contributed by atoms with Gasteiger partial charge in [0.25, 0.3) is 15.9 Å². The van der Waals surface area contributed by atoms with Crippen LogP contribution in [0.2, 0.25) is 5.02 Å². The fourth-order valence-electron chi connectivity index (χ4n) is 3.28. The highest BCUT2D eigenvalue weighted by atomic mass is 35.5. The summed E-state index contributed by atoms with van der Waals surface area (Å²) in [6.07, 6.45) is 0. The number of anilines is 2. The van der Waals surface area contributed by atoms with E-state index in [1.165, 1.54) is 31.4 Å². The number of rotatable bonds is 5. The largest absolute Gasteiger partial charge is 0.495 e. The molecule has 1 amide bonds. The Labute approximate surface area is 183 Å². The van der Waals surface area contributed by atoms with E-state index < -0.39 is 21.7 Å². The van der Waals surface area contributed by atoms with E-state index in [1.54, 1.807) is 30.3 Å². The lowest BCUT2D eigenvalue weighted by Crippen LogP contribution is -2.38. The number of halogens is 2. The average Bonchev–Trinajstić information content (AvgIpc) is 3.17. The molecule has 1 aliphatic rings. The minimum absolute atomic E-state index is 0.00886. The van der Waals surface area contributed by atoms with E-state index in [9.17, 15) is 17.6 Å². The predicted molar refractivity (Wildman–Crippen MR) is 115 cm³/mol. The monoisotopic (exact) mass is 461 g/mol. The molecule has 0 aliphatic carbocycles. The molecule has 0 fully saturated rings. The van der Waals surface area contributed by atoms with E-state index >= 15 is 0 Å². The molecule has 10 heteroatoms. The van der Waals surface area contributed by atoms with Crippen LogP contribution in [0.15, 0.2) is 65.6 Å². The first-order valence-corrected chi connectivity index (χ1v) is 10.9. The van der Waals surface area contributed by atoms with Crippen molar-refractivity contribution < 1.29 is 22.3 Å². The standard InChI is InChI=1S/C21H17ClFN3O4S/c1-30-18-7-2-3-8-19(18)31(28,29)26-17-11-14(10-9-13(17)12-24-26)25-21(27)20-15(22)5-4-6-16(20)23/h2-11,24H,12H2,1H3,(H,25,27). The number of carbonyl (C=O) groups excluding carboxylic acids is 1. The molecule has 1 heterocycles. The first-order chi connectivity index (χ1) is 14.8. The maximum atomic E-state index is 14.0. The highest BCUT2D eigenvalue weighted by molar-refractivity contribution is 7.92. The van der Waals surface area contributed by atoms with E-state index in [1.807, 2.05) is 0 Å². The SMILES string of the molecule is COc1ccccc1S(=O)(=O)N1NCc2ccc(NC(=O)c3c(F)cccc3Cl)cc21. The molecule has 160 valence electrons. The zero-order valence-electron chi connectivity index (χ0n) is 16.2. The van der Waals surface area contributed by atoms with Crippen molar-refractivity contribution >= 4 is 38.9 Å². The number of hydrazine groups is 1. The highest BCUT2D eigenvalue weighted by Gasteiger charge is 2.33. The zero-order chi connectivity index (χ0) is 22.2. The summed E-state index contributed by atoms with van der Waals surface area (Å²) in [5.74, 6) is -1.29. The molecule has 0 spiro atoms. The minimum atomic E-state index is -4.00. The van der Waals surface area contributed by atoms with Crippen LogP contribution in [0.5, 0.6) is 5.75 Å². The Kier molecular flexibility index (Phi) is 5.57. The number of hydrogen-bond acceptors (Lipinski definition) is 5. The van der Waals surface area contributed by atoms with Gasteiger partial charge in [-0.1, -0.05) is 35.9 Å². The number of amides is 1. The average molecular weight is 462 g/mol. The molecule has 4 rings (SSSR count). The second-order valence-corrected chi connectivity index (χ2v) is 8.81. The summed E-state index contributed by atoms with van der Waals surface area (Å²) in [6.45, 7) is 0.275. The fourth-order valence-corrected chi connectivity index (χ4v) is 5.04. The quantitative estimate of drug-likeness (QED) is 0.600. The predicted octanol–water partition coefficient (Wildman–Crippen LogP) is 3.95. The Morgan fingerprint density at radius 3 is 2.68 bits per heavy atom. The van der Waals surface area contributed by atoms with Gasteiger partial charge in [-0.3, -0.25) is 4.79 Å². The lowest BCUT2D eigenvalue weighted by molar-refractivity contribution is 0.102. The molecular formula is C21H17ClFN3O4S. The third-order valence-electron chi connectivity index (χ3n) is 4.75. The zero-order valence-corrected chi connectivity index (χ0v) is 17.8. The minimum Gasteiger partial charge on any atom is -0.495 e. The van der Waals surface area contributed by atoms with Gasteiger partial charge in [0, 0.05) is 12.2 Å². The maximum absolute atomic E-state index is 14.0. The maximum Gasteiger partial charge on any atom is 0.281 e. The number of nitrogens with one attached hydrogen (secondary N) is 2. The van der Waals surface area contributed by atoms with Crippen LogP contribution in [0, 0.1) is 5.82 Å². The molecule has 31 heavy (non-hydrogen) atoms. The molecule has 0 atom stereocenters. The van der Waals surface area contributed by atoms with Gasteiger partial charge >= 0.3 is 0 Å². The molecule has 2 N–H and O–H groups in total. The number of hydrogen-bond donors (Lipinski definition) is 2. The molecule has 0 saturated heterocycles. The van der Waals surface area contributed by atoms with Gasteiger partial charge in [-0.05, 0) is 42.0 Å². The van der Waals surface area contributed by atoms with Crippen molar-refractivity contribution in [1.29, 1.82) is 0 Å². The summed E-state index contributed by atoms with van der Waals surface area (Å²) < 4.78 is 46.8. The lowest BCUT2D eigenvalue weighted by Gasteiger charge is -2.21. The third-order valence-corrected chi connectivity index (χ3v) is 6.77. The van der Waals surface area contributed by atoms with E-state index in [0.717, 1.165) is 10.5 Å². The van der Waals surface area contributed by atoms with Gasteiger partial charge in [0.2, 0.25) is 0 Å². The first kappa shape index (κ1) is 21.1. The summed E-state index contributed by atoms with van der Waals surface area (Å²) in [5, 5.41) is 2.54. The van der Waals surface area contributed by atoms with Crippen molar-refractivity contribution in [1.82, 2.24) is 5.43 Å². The molecule has 0 saturated carbocycles. The Bertz CT molecular complexity index is 1260. The van der Waals surface area contributed by atoms with Gasteiger partial charge in [0.05, 0.1) is 23.4 Å². The van der Waals surface area contributed by atoms with Crippen molar-refractivity contribution in [3.63, 3.8) is 0 Å². The van der Waals surface area contributed by atoms with Gasteiger partial charge in [0.15, 0.2) is 0 Å². The van der Waals surface area contributed by atoms with E-state index in [-0.39, 0.29) is 33.5 Å². The lowest BCUT2D eigenvalue weighted by atomic mass is 10.1. The Morgan fingerprint density at radius 1 is 1.16 bits per heavy atom. The van der Waals surface area contributed by atoms with Crippen LogP contribution in [0.1, 0.15) is 15.9 Å². The van der Waals surface area contributed by atoms with Crippen molar-refractivity contribution in [3.8, 4) is 5.75 Å². The van der Waals surface area contributed by atoms with E-state index in [0.29, 0.717) is 11.3 Å². The van der Waals surface area contributed by atoms with Crippen LogP contribution in [0.3, 0.4) is 0 Å². The Balaban J connectivity index is 1.68. The van der Waals surface area contributed by atoms with Crippen LogP contribution in [0.25, 0.3) is 0 Å². The van der Waals surface area contributed by atoms with E-state index in [2.05, 4.69) is 10.7 Å². The van der Waals surface area contributed by atoms with Crippen LogP contribution < -0.4 is 19.9 Å². The van der Waals surface area contributed by atoms with Crippen LogP contribution in [-0.4, -0.2) is 21.4 Å². The summed E-state index contributed by atoms with van der Waals surface area (Å²) in [4.78, 5) is 12.5. The molecule has 7 nitrogen and oxygen atoms in total. The van der Waals surface area contributed by atoms with Crippen LogP contribution in [0.4, 0.5) is 15.8 Å². The molecule has 0 bridgehead atoms.